The minimum absolute atomic E-state index is 0. The molecule has 0 bridgehead atoms. The molecule has 6 heteroatoms. The van der Waals surface area contributed by atoms with Gasteiger partial charge >= 0.3 is 0 Å². The predicted molar refractivity (Wildman–Crippen MR) is 102 cm³/mol. The lowest BCUT2D eigenvalue weighted by Crippen LogP contribution is -2.45. The van der Waals surface area contributed by atoms with Gasteiger partial charge in [-0.25, -0.2) is 0 Å². The molecule has 1 saturated heterocycles. The second-order valence-electron chi connectivity index (χ2n) is 6.22. The van der Waals surface area contributed by atoms with Gasteiger partial charge < -0.3 is 10.1 Å². The van der Waals surface area contributed by atoms with Crippen LogP contribution in [0.1, 0.15) is 17.2 Å². The maximum absolute atomic E-state index is 5.58. The summed E-state index contributed by atoms with van der Waals surface area (Å²) in [7, 11) is 1.74. The summed E-state index contributed by atoms with van der Waals surface area (Å²) < 4.78 is 5.58. The van der Waals surface area contributed by atoms with Crippen LogP contribution < -0.4 is 10.1 Å². The Morgan fingerprint density at radius 2 is 2.12 bits per heavy atom. The first kappa shape index (κ1) is 17.7. The molecule has 0 radical (unpaired) electrons. The van der Waals surface area contributed by atoms with Crippen LogP contribution in [0, 0.1) is 0 Å². The lowest BCUT2D eigenvalue weighted by molar-refractivity contribution is 0.151. The lowest BCUT2D eigenvalue weighted by atomic mass is 10.0. The van der Waals surface area contributed by atoms with Crippen molar-refractivity contribution in [2.24, 2.45) is 0 Å². The maximum Gasteiger partial charge on any atom is 0.123 e. The van der Waals surface area contributed by atoms with Gasteiger partial charge in [0.05, 0.1) is 24.9 Å². The molecule has 4 rings (SSSR count). The summed E-state index contributed by atoms with van der Waals surface area (Å²) in [6, 6.07) is 15.2. The van der Waals surface area contributed by atoms with E-state index in [4.69, 9.17) is 4.74 Å². The average Bonchev–Trinajstić information content (AvgIpc) is 3.10. The number of ether oxygens (including phenoxy) is 1. The number of hydrogen-bond acceptors (Lipinski definition) is 4. The second-order valence-corrected chi connectivity index (χ2v) is 6.22. The Labute approximate surface area is 153 Å². The van der Waals surface area contributed by atoms with Crippen LogP contribution in [0.2, 0.25) is 0 Å². The molecule has 1 aromatic heterocycles. The number of aromatic nitrogens is 2. The summed E-state index contributed by atoms with van der Waals surface area (Å²) in [4.78, 5) is 2.52. The Morgan fingerprint density at radius 3 is 3.00 bits per heavy atom. The number of hydrogen-bond donors (Lipinski definition) is 2. The van der Waals surface area contributed by atoms with Gasteiger partial charge in [-0.1, -0.05) is 30.3 Å². The van der Waals surface area contributed by atoms with Gasteiger partial charge in [0.15, 0.2) is 0 Å². The number of nitrogens with one attached hydrogen (secondary N) is 2. The number of fused-ring (bicyclic) bond motifs is 1. The smallest absolute Gasteiger partial charge is 0.123 e. The lowest BCUT2D eigenvalue weighted by Gasteiger charge is -2.37. The summed E-state index contributed by atoms with van der Waals surface area (Å²) in [5, 5.41) is 11.8. The number of nitrogens with zero attached hydrogens (tertiary/aromatic N) is 2. The van der Waals surface area contributed by atoms with Crippen molar-refractivity contribution in [1.82, 2.24) is 20.4 Å². The first-order chi connectivity index (χ1) is 11.8. The molecule has 1 aliphatic heterocycles. The summed E-state index contributed by atoms with van der Waals surface area (Å²) in [5.74, 6) is 0.959. The molecule has 0 amide bonds. The third-order valence-corrected chi connectivity index (χ3v) is 4.74. The zero-order valence-corrected chi connectivity index (χ0v) is 15.1. The summed E-state index contributed by atoms with van der Waals surface area (Å²) in [5.41, 5.74) is 3.64. The van der Waals surface area contributed by atoms with E-state index in [1.54, 1.807) is 7.11 Å². The fraction of sp³-hybridized carbons (Fsp3) is 0.316. The third kappa shape index (κ3) is 3.63. The number of aromatic amines is 1. The highest BCUT2D eigenvalue weighted by atomic mass is 35.5. The number of methoxy groups -OCH3 is 1. The minimum atomic E-state index is 0. The van der Waals surface area contributed by atoms with Gasteiger partial charge in [0.1, 0.15) is 5.75 Å². The SMILES string of the molecule is COc1ccccc1C1CNCCN1Cc1ccc2cn[nH]c2c1.Cl. The molecule has 2 N–H and O–H groups in total. The number of para-hydroxylation sites is 1. The fourth-order valence-electron chi connectivity index (χ4n) is 3.50. The molecule has 25 heavy (non-hydrogen) atoms. The molecule has 1 aliphatic rings. The molecule has 5 nitrogen and oxygen atoms in total. The first-order valence-corrected chi connectivity index (χ1v) is 8.35. The number of H-pyrrole nitrogens is 1. The summed E-state index contributed by atoms with van der Waals surface area (Å²) in [6.45, 7) is 3.88. The van der Waals surface area contributed by atoms with E-state index >= 15 is 0 Å². The number of benzene rings is 2. The van der Waals surface area contributed by atoms with E-state index in [1.807, 2.05) is 18.3 Å². The van der Waals surface area contributed by atoms with Gasteiger partial charge in [0.25, 0.3) is 0 Å². The normalized spacial score (nSPS) is 18.0. The van der Waals surface area contributed by atoms with Crippen molar-refractivity contribution in [3.63, 3.8) is 0 Å². The van der Waals surface area contributed by atoms with E-state index < -0.39 is 0 Å². The molecule has 1 fully saturated rings. The van der Waals surface area contributed by atoms with E-state index in [0.29, 0.717) is 6.04 Å². The van der Waals surface area contributed by atoms with Crippen LogP contribution in [-0.2, 0) is 6.54 Å². The van der Waals surface area contributed by atoms with Crippen LogP contribution in [0.4, 0.5) is 0 Å². The number of piperazine rings is 1. The van der Waals surface area contributed by atoms with Gasteiger partial charge in [0, 0.05) is 37.1 Å². The largest absolute Gasteiger partial charge is 0.496 e. The number of halogens is 1. The Balaban J connectivity index is 0.00000182. The van der Waals surface area contributed by atoms with Gasteiger partial charge in [-0.15, -0.1) is 12.4 Å². The van der Waals surface area contributed by atoms with E-state index in [2.05, 4.69) is 50.7 Å². The highest BCUT2D eigenvalue weighted by Crippen LogP contribution is 2.31. The van der Waals surface area contributed by atoms with E-state index in [9.17, 15) is 0 Å². The van der Waals surface area contributed by atoms with Crippen LogP contribution in [0.25, 0.3) is 10.9 Å². The molecular formula is C19H23ClN4O. The van der Waals surface area contributed by atoms with Crippen LogP contribution >= 0.6 is 12.4 Å². The Morgan fingerprint density at radius 1 is 1.24 bits per heavy atom. The zero-order valence-electron chi connectivity index (χ0n) is 14.2. The molecular weight excluding hydrogens is 336 g/mol. The van der Waals surface area contributed by atoms with Crippen molar-refractivity contribution in [3.8, 4) is 5.75 Å². The topological polar surface area (TPSA) is 53.2 Å². The molecule has 2 heterocycles. The quantitative estimate of drug-likeness (QED) is 0.752. The van der Waals surface area contributed by atoms with Gasteiger partial charge in [-0.3, -0.25) is 10.00 Å². The molecule has 0 aliphatic carbocycles. The Kier molecular flexibility index (Phi) is 5.58. The third-order valence-electron chi connectivity index (χ3n) is 4.74. The van der Waals surface area contributed by atoms with E-state index in [1.165, 1.54) is 11.1 Å². The molecule has 132 valence electrons. The van der Waals surface area contributed by atoms with Crippen LogP contribution in [0.5, 0.6) is 5.75 Å². The van der Waals surface area contributed by atoms with Gasteiger partial charge in [-0.05, 0) is 17.7 Å². The molecule has 2 aromatic carbocycles. The highest BCUT2D eigenvalue weighted by Gasteiger charge is 2.26. The fourth-order valence-corrected chi connectivity index (χ4v) is 3.50. The predicted octanol–water partition coefficient (Wildman–Crippen LogP) is 3.14. The van der Waals surface area contributed by atoms with Crippen molar-refractivity contribution < 1.29 is 4.74 Å². The molecule has 0 saturated carbocycles. The standard InChI is InChI=1S/C19H22N4O.ClH/c1-24-19-5-3-2-4-16(19)18-12-20-8-9-23(18)13-14-6-7-15-11-21-22-17(15)10-14;/h2-7,10-11,18,20H,8-9,12-13H2,1H3,(H,21,22);1H. The molecule has 3 aromatic rings. The summed E-state index contributed by atoms with van der Waals surface area (Å²) >= 11 is 0. The van der Waals surface area contributed by atoms with E-state index in [-0.39, 0.29) is 12.4 Å². The summed E-state index contributed by atoms with van der Waals surface area (Å²) in [6.07, 6.45) is 1.86. The van der Waals surface area contributed by atoms with Crippen molar-refractivity contribution >= 4 is 23.3 Å². The van der Waals surface area contributed by atoms with Crippen molar-refractivity contribution in [1.29, 1.82) is 0 Å². The zero-order chi connectivity index (χ0) is 16.4. The van der Waals surface area contributed by atoms with Crippen LogP contribution in [0.15, 0.2) is 48.7 Å². The van der Waals surface area contributed by atoms with Gasteiger partial charge in [0.2, 0.25) is 0 Å². The van der Waals surface area contributed by atoms with Crippen LogP contribution in [-0.4, -0.2) is 41.8 Å². The highest BCUT2D eigenvalue weighted by molar-refractivity contribution is 5.85. The van der Waals surface area contributed by atoms with Crippen molar-refractivity contribution in [2.75, 3.05) is 26.7 Å². The monoisotopic (exact) mass is 358 g/mol. The van der Waals surface area contributed by atoms with Crippen LogP contribution in [0.3, 0.4) is 0 Å². The Bertz CT molecular complexity index is 835. The van der Waals surface area contributed by atoms with E-state index in [0.717, 1.165) is 42.8 Å². The van der Waals surface area contributed by atoms with Crippen molar-refractivity contribution in [2.45, 2.75) is 12.6 Å². The Hall–Kier alpha value is -2.08. The van der Waals surface area contributed by atoms with Gasteiger partial charge in [-0.2, -0.15) is 5.10 Å². The number of rotatable bonds is 4. The molecule has 0 spiro atoms. The molecule has 1 unspecified atom stereocenters. The average molecular weight is 359 g/mol. The molecule has 1 atom stereocenters. The first-order valence-electron chi connectivity index (χ1n) is 8.35. The minimum Gasteiger partial charge on any atom is -0.496 e. The van der Waals surface area contributed by atoms with Crippen molar-refractivity contribution in [3.05, 3.63) is 59.8 Å². The maximum atomic E-state index is 5.58. The second kappa shape index (κ2) is 7.87.